The second-order valence-electron chi connectivity index (χ2n) is 9.29. The van der Waals surface area contributed by atoms with Gasteiger partial charge in [0.2, 0.25) is 11.0 Å². The van der Waals surface area contributed by atoms with Gasteiger partial charge in [-0.05, 0) is 42.6 Å². The number of hydrogen-bond donors (Lipinski definition) is 1. The number of methoxy groups -OCH3 is 1. The summed E-state index contributed by atoms with van der Waals surface area (Å²) in [5.41, 5.74) is 1.22. The molecule has 2 atom stereocenters. The number of nitrogens with zero attached hydrogens (tertiary/aromatic N) is 4. The third-order valence-electron chi connectivity index (χ3n) is 6.21. The van der Waals surface area contributed by atoms with E-state index in [1.54, 1.807) is 18.4 Å². The topological polar surface area (TPSA) is 99.0 Å². The van der Waals surface area contributed by atoms with E-state index in [1.807, 2.05) is 6.92 Å². The average Bonchev–Trinajstić information content (AvgIpc) is 3.33. The van der Waals surface area contributed by atoms with Crippen molar-refractivity contribution < 1.29 is 9.53 Å². The number of nitrogens with one attached hydrogen (secondary N) is 1. The zero-order chi connectivity index (χ0) is 23.0. The molecule has 1 aliphatic rings. The number of fused-ring (bicyclic) bond motifs is 3. The van der Waals surface area contributed by atoms with Crippen molar-refractivity contribution in [1.29, 1.82) is 0 Å². The summed E-state index contributed by atoms with van der Waals surface area (Å²) in [5.74, 6) is 0.294. The Kier molecular flexibility index (Phi) is 6.46. The van der Waals surface area contributed by atoms with Gasteiger partial charge in [-0.25, -0.2) is 4.98 Å². The van der Waals surface area contributed by atoms with Crippen LogP contribution in [0.25, 0.3) is 10.2 Å². The number of amides is 1. The molecule has 0 saturated carbocycles. The van der Waals surface area contributed by atoms with Gasteiger partial charge < -0.3 is 4.74 Å². The van der Waals surface area contributed by atoms with Crippen LogP contribution in [0.1, 0.15) is 62.0 Å². The summed E-state index contributed by atoms with van der Waals surface area (Å²) in [6, 6.07) is -0.671. The first-order valence-electron chi connectivity index (χ1n) is 10.9. The fourth-order valence-corrected chi connectivity index (χ4v) is 6.30. The van der Waals surface area contributed by atoms with Crippen LogP contribution >= 0.6 is 22.7 Å². The highest BCUT2D eigenvalue weighted by Crippen LogP contribution is 2.42. The lowest BCUT2D eigenvalue weighted by atomic mass is 9.72. The van der Waals surface area contributed by atoms with Gasteiger partial charge in [0.15, 0.2) is 0 Å². The van der Waals surface area contributed by atoms with E-state index in [-0.39, 0.29) is 16.9 Å². The summed E-state index contributed by atoms with van der Waals surface area (Å²) >= 11 is 2.88. The molecule has 1 aliphatic carbocycles. The van der Waals surface area contributed by atoms with Crippen molar-refractivity contribution in [2.24, 2.45) is 11.3 Å². The lowest BCUT2D eigenvalue weighted by Gasteiger charge is -2.33. The number of rotatable bonds is 6. The smallest absolute Gasteiger partial charge is 0.263 e. The molecule has 4 rings (SSSR count). The monoisotopic (exact) mass is 475 g/mol. The van der Waals surface area contributed by atoms with Crippen molar-refractivity contribution in [1.82, 2.24) is 19.7 Å². The zero-order valence-electron chi connectivity index (χ0n) is 19.1. The molecule has 1 amide bonds. The first-order valence-corrected chi connectivity index (χ1v) is 12.5. The Morgan fingerprint density at radius 2 is 2.12 bits per heavy atom. The van der Waals surface area contributed by atoms with Crippen LogP contribution in [0.15, 0.2) is 11.1 Å². The molecule has 0 aliphatic heterocycles. The lowest BCUT2D eigenvalue weighted by molar-refractivity contribution is -0.119. The predicted octanol–water partition coefficient (Wildman–Crippen LogP) is 4.20. The van der Waals surface area contributed by atoms with Crippen LogP contribution in [0, 0.1) is 11.3 Å². The maximum atomic E-state index is 13.5. The third kappa shape index (κ3) is 4.35. The molecule has 0 aromatic carbocycles. The Labute approximate surface area is 195 Å². The van der Waals surface area contributed by atoms with Crippen LogP contribution in [0.2, 0.25) is 0 Å². The molecular formula is C22H29N5O3S2. The van der Waals surface area contributed by atoms with Gasteiger partial charge in [-0.15, -0.1) is 21.5 Å². The Hall–Kier alpha value is -2.17. The summed E-state index contributed by atoms with van der Waals surface area (Å²) in [5, 5.41) is 12.5. The van der Waals surface area contributed by atoms with E-state index < -0.39 is 6.04 Å². The lowest BCUT2D eigenvalue weighted by Crippen LogP contribution is -2.33. The molecule has 0 bridgehead atoms. The summed E-state index contributed by atoms with van der Waals surface area (Å²) in [4.78, 5) is 33.1. The molecule has 3 heterocycles. The summed E-state index contributed by atoms with van der Waals surface area (Å²) < 4.78 is 6.52. The molecule has 0 saturated heterocycles. The Bertz CT molecular complexity index is 1190. The van der Waals surface area contributed by atoms with E-state index >= 15 is 0 Å². The number of aromatic nitrogens is 4. The van der Waals surface area contributed by atoms with Gasteiger partial charge in [-0.3, -0.25) is 19.5 Å². The largest absolute Gasteiger partial charge is 0.377 e. The Balaban J connectivity index is 1.64. The van der Waals surface area contributed by atoms with Crippen LogP contribution in [0.5, 0.6) is 0 Å². The SMILES string of the molecule is CCC(C(=O)Nc1nnc(COC)s1)n1cnc2sc3c(c2c1=O)CCC(C(C)(C)C)C3. The van der Waals surface area contributed by atoms with Gasteiger partial charge in [0.25, 0.3) is 5.56 Å². The van der Waals surface area contributed by atoms with E-state index in [0.29, 0.717) is 34.5 Å². The van der Waals surface area contributed by atoms with Crippen molar-refractivity contribution in [3.05, 3.63) is 32.1 Å². The van der Waals surface area contributed by atoms with Gasteiger partial charge in [-0.2, -0.15) is 0 Å². The van der Waals surface area contributed by atoms with E-state index in [2.05, 4.69) is 41.3 Å². The molecule has 172 valence electrons. The minimum absolute atomic E-state index is 0.138. The van der Waals surface area contributed by atoms with Crippen molar-refractivity contribution in [3.8, 4) is 0 Å². The Morgan fingerprint density at radius 1 is 1.34 bits per heavy atom. The summed E-state index contributed by atoms with van der Waals surface area (Å²) in [7, 11) is 1.58. The molecule has 8 nitrogen and oxygen atoms in total. The van der Waals surface area contributed by atoms with Crippen molar-refractivity contribution in [2.45, 2.75) is 66.0 Å². The number of aryl methyl sites for hydroxylation is 1. The molecule has 10 heteroatoms. The summed E-state index contributed by atoms with van der Waals surface area (Å²) in [6.45, 7) is 9.06. The number of carbonyl (C=O) groups excluding carboxylic acids is 1. The molecule has 3 aromatic rings. The van der Waals surface area contributed by atoms with E-state index in [1.165, 1.54) is 27.1 Å². The molecule has 32 heavy (non-hydrogen) atoms. The first kappa shape index (κ1) is 23.0. The second kappa shape index (κ2) is 8.99. The highest BCUT2D eigenvalue weighted by atomic mass is 32.1. The maximum Gasteiger partial charge on any atom is 0.263 e. The molecule has 3 aromatic heterocycles. The molecule has 0 fully saturated rings. The highest BCUT2D eigenvalue weighted by molar-refractivity contribution is 7.18. The average molecular weight is 476 g/mol. The first-order chi connectivity index (χ1) is 15.2. The molecule has 1 N–H and O–H groups in total. The fraction of sp³-hybridized carbons (Fsp3) is 0.591. The summed E-state index contributed by atoms with van der Waals surface area (Å²) in [6.07, 6.45) is 4.90. The number of thiophene rings is 1. The van der Waals surface area contributed by atoms with E-state index in [9.17, 15) is 9.59 Å². The van der Waals surface area contributed by atoms with Crippen LogP contribution < -0.4 is 10.9 Å². The van der Waals surface area contributed by atoms with Crippen LogP contribution in [-0.2, 0) is 29.0 Å². The second-order valence-corrected chi connectivity index (χ2v) is 11.4. The maximum absolute atomic E-state index is 13.5. The van der Waals surface area contributed by atoms with Crippen molar-refractivity contribution >= 4 is 43.9 Å². The minimum Gasteiger partial charge on any atom is -0.377 e. The highest BCUT2D eigenvalue weighted by Gasteiger charge is 2.32. The van der Waals surface area contributed by atoms with Crippen LogP contribution in [0.4, 0.5) is 5.13 Å². The standard InChI is InChI=1S/C22H29N5O3S2/c1-6-14(18(28)24-21-26-25-16(32-21)10-30-5)27-11-23-19-17(20(27)29)13-8-7-12(22(2,3)4)9-15(13)31-19/h11-12,14H,6-10H2,1-5H3,(H,24,26,28). The van der Waals surface area contributed by atoms with Crippen LogP contribution in [-0.4, -0.2) is 32.8 Å². The van der Waals surface area contributed by atoms with Crippen molar-refractivity contribution in [2.75, 3.05) is 12.4 Å². The van der Waals surface area contributed by atoms with Gasteiger partial charge in [0.1, 0.15) is 22.5 Å². The van der Waals surface area contributed by atoms with E-state index in [0.717, 1.165) is 29.7 Å². The normalized spacial score (nSPS) is 17.3. The van der Waals surface area contributed by atoms with Gasteiger partial charge in [0.05, 0.1) is 11.7 Å². The van der Waals surface area contributed by atoms with Crippen molar-refractivity contribution in [3.63, 3.8) is 0 Å². The molecule has 2 unspecified atom stereocenters. The predicted molar refractivity (Wildman–Crippen MR) is 127 cm³/mol. The number of ether oxygens (including phenoxy) is 1. The quantitative estimate of drug-likeness (QED) is 0.574. The minimum atomic E-state index is -0.671. The molecule has 0 radical (unpaired) electrons. The zero-order valence-corrected chi connectivity index (χ0v) is 20.7. The number of hydrogen-bond acceptors (Lipinski definition) is 8. The van der Waals surface area contributed by atoms with Gasteiger partial charge >= 0.3 is 0 Å². The van der Waals surface area contributed by atoms with E-state index in [4.69, 9.17) is 4.74 Å². The molecular weight excluding hydrogens is 446 g/mol. The molecule has 0 spiro atoms. The van der Waals surface area contributed by atoms with Crippen LogP contribution in [0.3, 0.4) is 0 Å². The number of anilines is 1. The third-order valence-corrected chi connectivity index (χ3v) is 8.18. The van der Waals surface area contributed by atoms with Gasteiger partial charge in [-0.1, -0.05) is 39.0 Å². The van der Waals surface area contributed by atoms with Gasteiger partial charge in [0, 0.05) is 12.0 Å². The Morgan fingerprint density at radius 3 is 2.81 bits per heavy atom. The number of carbonyl (C=O) groups is 1. The fourth-order valence-electron chi connectivity index (χ4n) is 4.32.